The highest BCUT2D eigenvalue weighted by molar-refractivity contribution is 6.08. The molecule has 0 saturated carbocycles. The van der Waals surface area contributed by atoms with E-state index in [1.807, 2.05) is 0 Å². The van der Waals surface area contributed by atoms with Gasteiger partial charge in [-0.25, -0.2) is 9.18 Å². The van der Waals surface area contributed by atoms with E-state index >= 15 is 0 Å². The standard InChI is InChI=1S/C9H13F3O3/c1-4-8(10,5(2)3)6(13)9(11,12)7(14)15/h5H,4H2,1-3H3,(H,14,15). The summed E-state index contributed by atoms with van der Waals surface area (Å²) in [6.45, 7) is 3.72. The molecule has 0 bridgehead atoms. The van der Waals surface area contributed by atoms with Gasteiger partial charge in [-0.3, -0.25) is 4.79 Å². The number of rotatable bonds is 5. The van der Waals surface area contributed by atoms with Crippen molar-refractivity contribution in [2.24, 2.45) is 5.92 Å². The molecule has 0 aromatic heterocycles. The van der Waals surface area contributed by atoms with Gasteiger partial charge in [-0.1, -0.05) is 20.8 Å². The first-order valence-electron chi connectivity index (χ1n) is 4.45. The van der Waals surface area contributed by atoms with Crippen molar-refractivity contribution in [3.05, 3.63) is 0 Å². The van der Waals surface area contributed by atoms with Crippen molar-refractivity contribution in [1.82, 2.24) is 0 Å². The Kier molecular flexibility index (Phi) is 3.90. The zero-order chi connectivity index (χ0) is 12.4. The SMILES string of the molecule is CCC(F)(C(=O)C(F)(F)C(=O)O)C(C)C. The number of alkyl halides is 3. The van der Waals surface area contributed by atoms with E-state index in [0.29, 0.717) is 0 Å². The molecular formula is C9H13F3O3. The maximum atomic E-state index is 13.8. The fourth-order valence-corrected chi connectivity index (χ4v) is 1.19. The summed E-state index contributed by atoms with van der Waals surface area (Å²) in [5, 5.41) is 8.11. The van der Waals surface area contributed by atoms with Gasteiger partial charge in [0.1, 0.15) is 0 Å². The van der Waals surface area contributed by atoms with Crippen LogP contribution in [0.25, 0.3) is 0 Å². The van der Waals surface area contributed by atoms with Crippen molar-refractivity contribution in [2.75, 3.05) is 0 Å². The molecule has 6 heteroatoms. The molecular weight excluding hydrogens is 213 g/mol. The quantitative estimate of drug-likeness (QED) is 0.730. The number of aliphatic carboxylic acids is 1. The smallest absolute Gasteiger partial charge is 0.402 e. The normalized spacial score (nSPS) is 16.2. The Labute approximate surface area is 85.3 Å². The molecule has 0 aliphatic rings. The van der Waals surface area contributed by atoms with Gasteiger partial charge < -0.3 is 5.11 Å². The molecule has 15 heavy (non-hydrogen) atoms. The summed E-state index contributed by atoms with van der Waals surface area (Å²) in [5.74, 6) is -10.5. The minimum absolute atomic E-state index is 0.480. The topological polar surface area (TPSA) is 54.4 Å². The molecule has 0 amide bonds. The fourth-order valence-electron chi connectivity index (χ4n) is 1.19. The number of carboxylic acid groups (broad SMARTS) is 1. The van der Waals surface area contributed by atoms with Gasteiger partial charge in [0, 0.05) is 0 Å². The Morgan fingerprint density at radius 3 is 1.87 bits per heavy atom. The summed E-state index contributed by atoms with van der Waals surface area (Å²) >= 11 is 0. The van der Waals surface area contributed by atoms with E-state index in [1.165, 1.54) is 20.8 Å². The number of Topliss-reactive ketones (excluding diaryl/α,β-unsaturated/α-hetero) is 1. The first kappa shape index (κ1) is 13.9. The Bertz CT molecular complexity index is 276. The first-order valence-corrected chi connectivity index (χ1v) is 4.45. The molecule has 0 aromatic rings. The summed E-state index contributed by atoms with van der Waals surface area (Å²) < 4.78 is 39.4. The number of hydrogen-bond acceptors (Lipinski definition) is 2. The van der Waals surface area contributed by atoms with E-state index < -0.39 is 35.7 Å². The van der Waals surface area contributed by atoms with Crippen LogP contribution in [-0.4, -0.2) is 28.5 Å². The van der Waals surface area contributed by atoms with Crippen LogP contribution in [0.4, 0.5) is 13.2 Å². The number of carbonyl (C=O) groups excluding carboxylic acids is 1. The van der Waals surface area contributed by atoms with Crippen molar-refractivity contribution in [2.45, 2.75) is 38.8 Å². The maximum absolute atomic E-state index is 13.8. The van der Waals surface area contributed by atoms with Crippen LogP contribution in [0.2, 0.25) is 0 Å². The van der Waals surface area contributed by atoms with Crippen molar-refractivity contribution in [3.8, 4) is 0 Å². The van der Waals surface area contributed by atoms with Gasteiger partial charge >= 0.3 is 11.9 Å². The molecule has 0 aliphatic carbocycles. The van der Waals surface area contributed by atoms with E-state index in [-0.39, 0.29) is 0 Å². The Morgan fingerprint density at radius 2 is 1.67 bits per heavy atom. The van der Waals surface area contributed by atoms with Crippen LogP contribution in [-0.2, 0) is 9.59 Å². The summed E-state index contributed by atoms with van der Waals surface area (Å²) in [7, 11) is 0. The molecule has 0 spiro atoms. The van der Waals surface area contributed by atoms with Gasteiger partial charge in [0.25, 0.3) is 5.78 Å². The molecule has 1 atom stereocenters. The summed E-state index contributed by atoms with van der Waals surface area (Å²) in [4.78, 5) is 21.2. The lowest BCUT2D eigenvalue weighted by Crippen LogP contribution is -2.52. The monoisotopic (exact) mass is 226 g/mol. The Balaban J connectivity index is 5.23. The summed E-state index contributed by atoms with van der Waals surface area (Å²) in [6, 6.07) is 0. The lowest BCUT2D eigenvalue weighted by atomic mass is 9.83. The molecule has 0 fully saturated rings. The van der Waals surface area contributed by atoms with Crippen LogP contribution in [0.15, 0.2) is 0 Å². The van der Waals surface area contributed by atoms with Gasteiger partial charge in [0.15, 0.2) is 5.67 Å². The van der Waals surface area contributed by atoms with Crippen LogP contribution >= 0.6 is 0 Å². The highest BCUT2D eigenvalue weighted by Crippen LogP contribution is 2.34. The molecule has 1 unspecified atom stereocenters. The Hall–Kier alpha value is -1.07. The second-order valence-corrected chi connectivity index (χ2v) is 3.58. The van der Waals surface area contributed by atoms with Crippen molar-refractivity contribution in [3.63, 3.8) is 0 Å². The van der Waals surface area contributed by atoms with Gasteiger partial charge in [0.05, 0.1) is 0 Å². The van der Waals surface area contributed by atoms with Crippen LogP contribution in [0.5, 0.6) is 0 Å². The zero-order valence-electron chi connectivity index (χ0n) is 8.68. The van der Waals surface area contributed by atoms with Crippen LogP contribution in [0.3, 0.4) is 0 Å². The minimum atomic E-state index is -4.67. The largest absolute Gasteiger partial charge is 0.476 e. The molecule has 0 rings (SSSR count). The number of ketones is 1. The van der Waals surface area contributed by atoms with E-state index in [0.717, 1.165) is 0 Å². The number of hydrogen-bond donors (Lipinski definition) is 1. The van der Waals surface area contributed by atoms with Gasteiger partial charge in [-0.2, -0.15) is 8.78 Å². The molecule has 1 N–H and O–H groups in total. The van der Waals surface area contributed by atoms with Crippen molar-refractivity contribution < 1.29 is 27.9 Å². The molecule has 0 heterocycles. The number of carbonyl (C=O) groups is 2. The third-order valence-corrected chi connectivity index (χ3v) is 2.36. The van der Waals surface area contributed by atoms with E-state index in [1.54, 1.807) is 0 Å². The van der Waals surface area contributed by atoms with Crippen molar-refractivity contribution in [1.29, 1.82) is 0 Å². The third kappa shape index (κ3) is 2.30. The molecule has 0 radical (unpaired) electrons. The second-order valence-electron chi connectivity index (χ2n) is 3.58. The molecule has 88 valence electrons. The first-order chi connectivity index (χ1) is 6.60. The zero-order valence-corrected chi connectivity index (χ0v) is 8.68. The average molecular weight is 226 g/mol. The van der Waals surface area contributed by atoms with Gasteiger partial charge in [0.2, 0.25) is 0 Å². The van der Waals surface area contributed by atoms with Crippen LogP contribution in [0.1, 0.15) is 27.2 Å². The Morgan fingerprint density at radius 1 is 1.27 bits per heavy atom. The summed E-state index contributed by atoms with van der Waals surface area (Å²) in [6.07, 6.45) is -0.480. The molecule has 0 saturated heterocycles. The predicted molar refractivity (Wildman–Crippen MR) is 46.6 cm³/mol. The minimum Gasteiger partial charge on any atom is -0.476 e. The van der Waals surface area contributed by atoms with Crippen LogP contribution < -0.4 is 0 Å². The molecule has 0 aliphatic heterocycles. The highest BCUT2D eigenvalue weighted by Gasteiger charge is 2.58. The van der Waals surface area contributed by atoms with Gasteiger partial charge in [-0.15, -0.1) is 0 Å². The lowest BCUT2D eigenvalue weighted by molar-refractivity contribution is -0.179. The van der Waals surface area contributed by atoms with E-state index in [4.69, 9.17) is 5.11 Å². The average Bonchev–Trinajstić information content (AvgIpc) is 2.14. The second kappa shape index (κ2) is 4.20. The van der Waals surface area contributed by atoms with Crippen LogP contribution in [0, 0.1) is 5.92 Å². The van der Waals surface area contributed by atoms with Gasteiger partial charge in [-0.05, 0) is 12.3 Å². The van der Waals surface area contributed by atoms with E-state index in [9.17, 15) is 22.8 Å². The predicted octanol–water partition coefficient (Wildman–Crippen LogP) is 2.05. The number of carboxylic acids is 1. The molecule has 3 nitrogen and oxygen atoms in total. The van der Waals surface area contributed by atoms with Crippen molar-refractivity contribution >= 4 is 11.8 Å². The number of halogens is 3. The third-order valence-electron chi connectivity index (χ3n) is 2.36. The lowest BCUT2D eigenvalue weighted by Gasteiger charge is -2.28. The van der Waals surface area contributed by atoms with E-state index in [2.05, 4.69) is 0 Å². The maximum Gasteiger partial charge on any atom is 0.402 e. The fraction of sp³-hybridized carbons (Fsp3) is 0.778. The summed E-state index contributed by atoms with van der Waals surface area (Å²) in [5.41, 5.74) is -2.80. The molecule has 0 aromatic carbocycles. The highest BCUT2D eigenvalue weighted by atomic mass is 19.3.